The average molecular weight is 471 g/mol. The highest BCUT2D eigenvalue weighted by atomic mass is 32.2. The lowest BCUT2D eigenvalue weighted by Gasteiger charge is -2.31. The summed E-state index contributed by atoms with van der Waals surface area (Å²) in [6.45, 7) is 2.26. The molecular formula is C24H27FN4O3S. The second-order valence-corrected chi connectivity index (χ2v) is 10.2. The molecule has 3 aromatic rings. The summed E-state index contributed by atoms with van der Waals surface area (Å²) in [5.74, 6) is -0.170. The van der Waals surface area contributed by atoms with Gasteiger partial charge in [-0.25, -0.2) is 17.8 Å². The van der Waals surface area contributed by atoms with Crippen LogP contribution in [0.1, 0.15) is 35.8 Å². The monoisotopic (exact) mass is 470 g/mol. The maximum Gasteiger partial charge on any atom is 0.262 e. The molecule has 2 heterocycles. The fraction of sp³-hybridized carbons (Fsp3) is 0.333. The first-order valence-electron chi connectivity index (χ1n) is 10.9. The van der Waals surface area contributed by atoms with Crippen LogP contribution in [-0.4, -0.2) is 41.3 Å². The Morgan fingerprint density at radius 3 is 2.24 bits per heavy atom. The highest BCUT2D eigenvalue weighted by Crippen LogP contribution is 2.27. The van der Waals surface area contributed by atoms with Crippen LogP contribution in [0.4, 0.5) is 4.39 Å². The number of sulfonamides is 1. The van der Waals surface area contributed by atoms with Crippen LogP contribution >= 0.6 is 0 Å². The molecule has 1 atom stereocenters. The van der Waals surface area contributed by atoms with Crippen LogP contribution in [0.2, 0.25) is 0 Å². The Balaban J connectivity index is 1.45. The number of rotatable bonds is 6. The molecule has 4 rings (SSSR count). The molecule has 0 saturated carbocycles. The van der Waals surface area contributed by atoms with Crippen molar-refractivity contribution in [1.29, 1.82) is 0 Å². The minimum atomic E-state index is -3.69. The molecule has 0 bridgehead atoms. The van der Waals surface area contributed by atoms with Gasteiger partial charge in [-0.3, -0.25) is 4.79 Å². The summed E-state index contributed by atoms with van der Waals surface area (Å²) in [6, 6.07) is 15.2. The van der Waals surface area contributed by atoms with E-state index in [4.69, 9.17) is 0 Å². The second-order valence-electron chi connectivity index (χ2n) is 8.32. The Hall–Kier alpha value is -3.04. The van der Waals surface area contributed by atoms with E-state index in [1.165, 1.54) is 22.6 Å². The van der Waals surface area contributed by atoms with Gasteiger partial charge in [0.05, 0.1) is 6.04 Å². The number of amides is 1. The number of carbonyl (C=O) groups excluding carboxylic acids is 1. The molecule has 1 fully saturated rings. The van der Waals surface area contributed by atoms with Crippen molar-refractivity contribution < 1.29 is 17.6 Å². The minimum absolute atomic E-state index is 0.0332. The van der Waals surface area contributed by atoms with E-state index in [1.54, 1.807) is 30.7 Å². The number of aromatic nitrogens is 2. The largest absolute Gasteiger partial charge is 0.345 e. The molecule has 2 aromatic carbocycles. The van der Waals surface area contributed by atoms with Crippen LogP contribution in [0.3, 0.4) is 0 Å². The topological polar surface area (TPSA) is 84.3 Å². The van der Waals surface area contributed by atoms with Gasteiger partial charge in [0.15, 0.2) is 5.03 Å². The van der Waals surface area contributed by atoms with E-state index in [0.29, 0.717) is 18.7 Å². The number of carbonyl (C=O) groups is 1. The number of hydrogen-bond donors (Lipinski definition) is 1. The molecule has 1 aliphatic rings. The van der Waals surface area contributed by atoms with Gasteiger partial charge >= 0.3 is 0 Å². The molecule has 33 heavy (non-hydrogen) atoms. The van der Waals surface area contributed by atoms with Gasteiger partial charge in [0.25, 0.3) is 10.0 Å². The summed E-state index contributed by atoms with van der Waals surface area (Å²) in [5, 5.41) is 3.12. The molecular weight excluding hydrogens is 443 g/mol. The number of nitrogens with zero attached hydrogens (tertiary/aromatic N) is 3. The van der Waals surface area contributed by atoms with Crippen LogP contribution in [0, 0.1) is 18.7 Å². The van der Waals surface area contributed by atoms with Crippen molar-refractivity contribution in [3.8, 4) is 0 Å². The molecule has 1 aliphatic heterocycles. The van der Waals surface area contributed by atoms with Crippen molar-refractivity contribution in [2.75, 3.05) is 13.1 Å². The third kappa shape index (κ3) is 4.99. The molecule has 1 aromatic heterocycles. The summed E-state index contributed by atoms with van der Waals surface area (Å²) in [6.07, 6.45) is 2.35. The molecule has 1 unspecified atom stereocenters. The van der Waals surface area contributed by atoms with Crippen LogP contribution in [0.15, 0.2) is 65.8 Å². The predicted octanol–water partition coefficient (Wildman–Crippen LogP) is 3.17. The van der Waals surface area contributed by atoms with E-state index in [0.717, 1.165) is 11.1 Å². The van der Waals surface area contributed by atoms with E-state index in [-0.39, 0.29) is 35.8 Å². The third-order valence-electron chi connectivity index (χ3n) is 6.14. The zero-order valence-corrected chi connectivity index (χ0v) is 19.4. The maximum atomic E-state index is 13.4. The summed E-state index contributed by atoms with van der Waals surface area (Å²) >= 11 is 0. The lowest BCUT2D eigenvalue weighted by molar-refractivity contribution is -0.126. The number of piperidine rings is 1. The van der Waals surface area contributed by atoms with Crippen LogP contribution in [0.5, 0.6) is 0 Å². The molecule has 1 N–H and O–H groups in total. The number of benzene rings is 2. The van der Waals surface area contributed by atoms with Gasteiger partial charge in [-0.15, -0.1) is 0 Å². The van der Waals surface area contributed by atoms with Crippen molar-refractivity contribution in [2.45, 2.75) is 30.8 Å². The van der Waals surface area contributed by atoms with Crippen LogP contribution in [0.25, 0.3) is 0 Å². The number of nitrogens with one attached hydrogen (secondary N) is 1. The summed E-state index contributed by atoms with van der Waals surface area (Å²) < 4.78 is 42.4. The Kier molecular flexibility index (Phi) is 6.62. The van der Waals surface area contributed by atoms with E-state index in [9.17, 15) is 17.6 Å². The fourth-order valence-electron chi connectivity index (χ4n) is 4.06. The Labute approximate surface area is 193 Å². The van der Waals surface area contributed by atoms with Gasteiger partial charge in [0.1, 0.15) is 11.6 Å². The Morgan fingerprint density at radius 1 is 1.06 bits per heavy atom. The van der Waals surface area contributed by atoms with Crippen molar-refractivity contribution in [1.82, 2.24) is 19.2 Å². The van der Waals surface area contributed by atoms with Gasteiger partial charge < -0.3 is 9.88 Å². The first-order chi connectivity index (χ1) is 15.8. The van der Waals surface area contributed by atoms with E-state index < -0.39 is 16.1 Å². The third-order valence-corrected chi connectivity index (χ3v) is 7.91. The van der Waals surface area contributed by atoms with Crippen LogP contribution < -0.4 is 5.32 Å². The molecule has 7 nitrogen and oxygen atoms in total. The van der Waals surface area contributed by atoms with Gasteiger partial charge in [0.2, 0.25) is 5.91 Å². The van der Waals surface area contributed by atoms with E-state index >= 15 is 0 Å². The molecule has 0 radical (unpaired) electrons. The zero-order valence-electron chi connectivity index (χ0n) is 18.6. The Bertz CT molecular complexity index is 1200. The molecule has 0 aliphatic carbocycles. The zero-order chi connectivity index (χ0) is 23.6. The van der Waals surface area contributed by atoms with E-state index in [2.05, 4.69) is 10.3 Å². The fourth-order valence-corrected chi connectivity index (χ4v) is 5.56. The average Bonchev–Trinajstić information content (AvgIpc) is 3.17. The summed E-state index contributed by atoms with van der Waals surface area (Å²) in [7, 11) is -1.94. The highest BCUT2D eigenvalue weighted by Gasteiger charge is 2.34. The minimum Gasteiger partial charge on any atom is -0.345 e. The molecule has 174 valence electrons. The van der Waals surface area contributed by atoms with Crippen molar-refractivity contribution in [2.24, 2.45) is 13.0 Å². The Morgan fingerprint density at radius 2 is 1.67 bits per heavy atom. The standard InChI is InChI=1S/C24H27FN4O3S/c1-17-26-22(16-28(17)2)33(31,32)29-14-12-20(13-15-29)24(30)27-23(18-6-4-3-5-7-18)19-8-10-21(25)11-9-19/h3-11,16,20,23H,12-15H2,1-2H3,(H,27,30). The first-order valence-corrected chi connectivity index (χ1v) is 12.3. The van der Waals surface area contributed by atoms with Gasteiger partial charge in [-0.2, -0.15) is 4.31 Å². The number of halogens is 1. The maximum absolute atomic E-state index is 13.4. The molecule has 1 amide bonds. The highest BCUT2D eigenvalue weighted by molar-refractivity contribution is 7.89. The van der Waals surface area contributed by atoms with Crippen molar-refractivity contribution >= 4 is 15.9 Å². The normalized spacial score (nSPS) is 16.5. The SMILES string of the molecule is Cc1nc(S(=O)(=O)N2CCC(C(=O)NC(c3ccccc3)c3ccc(F)cc3)CC2)cn1C. The summed E-state index contributed by atoms with van der Waals surface area (Å²) in [5.41, 5.74) is 1.67. The lowest BCUT2D eigenvalue weighted by Crippen LogP contribution is -2.43. The molecule has 1 saturated heterocycles. The number of hydrogen-bond acceptors (Lipinski definition) is 4. The van der Waals surface area contributed by atoms with Crippen molar-refractivity contribution in [3.05, 3.63) is 83.6 Å². The quantitative estimate of drug-likeness (QED) is 0.600. The van der Waals surface area contributed by atoms with Gasteiger partial charge in [-0.05, 0) is 43.0 Å². The van der Waals surface area contributed by atoms with Crippen molar-refractivity contribution in [3.63, 3.8) is 0 Å². The predicted molar refractivity (Wildman–Crippen MR) is 122 cm³/mol. The molecule has 0 spiro atoms. The molecule has 9 heteroatoms. The summed E-state index contributed by atoms with van der Waals surface area (Å²) in [4.78, 5) is 17.3. The number of aryl methyl sites for hydroxylation is 2. The van der Waals surface area contributed by atoms with E-state index in [1.807, 2.05) is 30.3 Å². The smallest absolute Gasteiger partial charge is 0.262 e. The van der Waals surface area contributed by atoms with Crippen LogP contribution in [-0.2, 0) is 21.9 Å². The second kappa shape index (κ2) is 9.44. The lowest BCUT2D eigenvalue weighted by atomic mass is 9.94. The van der Waals surface area contributed by atoms with Gasteiger partial charge in [-0.1, -0.05) is 42.5 Å². The van der Waals surface area contributed by atoms with Gasteiger partial charge in [0, 0.05) is 32.3 Å². The first kappa shape index (κ1) is 23.1. The number of imidazole rings is 1.